The molecule has 1 aromatic rings. The quantitative estimate of drug-likeness (QED) is 0.797. The number of nitrogens with zero attached hydrogens (tertiary/aromatic N) is 1. The Hall–Kier alpha value is -1.35. The minimum atomic E-state index is -0.0322. The van der Waals surface area contributed by atoms with E-state index in [0.717, 1.165) is 32.1 Å². The lowest BCUT2D eigenvalue weighted by Gasteiger charge is -2.48. The van der Waals surface area contributed by atoms with E-state index in [-0.39, 0.29) is 5.41 Å². The van der Waals surface area contributed by atoms with Crippen molar-refractivity contribution in [3.63, 3.8) is 0 Å². The van der Waals surface area contributed by atoms with Gasteiger partial charge in [-0.05, 0) is 92.8 Å². The standard InChI is InChI=1S/C18H22O2.C6H15N/c1-18-9-8-14-13-5-3-12(19)10-11(13)2-4-15(14)16(18)6-7-17(18)20;1-4-7(5-2)6-3/h3,5,10,14-16,19H,2,4,6-9H2,1H3;4-6H2,1-3H3/t14-,15-,16+,18+;/m1./s1. The molecule has 0 aliphatic heterocycles. The summed E-state index contributed by atoms with van der Waals surface area (Å²) in [7, 11) is 0. The topological polar surface area (TPSA) is 40.5 Å². The average Bonchev–Trinajstić information content (AvgIpc) is 2.98. The van der Waals surface area contributed by atoms with Crippen LogP contribution in [0.4, 0.5) is 0 Å². The van der Waals surface area contributed by atoms with Gasteiger partial charge in [-0.25, -0.2) is 0 Å². The Kier molecular flexibility index (Phi) is 6.30. The zero-order valence-electron chi connectivity index (χ0n) is 17.6. The van der Waals surface area contributed by atoms with Gasteiger partial charge in [-0.2, -0.15) is 0 Å². The Balaban J connectivity index is 0.000000260. The number of aryl methyl sites for hydroxylation is 1. The van der Waals surface area contributed by atoms with Crippen LogP contribution in [0.5, 0.6) is 5.75 Å². The summed E-state index contributed by atoms with van der Waals surface area (Å²) in [5.74, 6) is 2.78. The van der Waals surface area contributed by atoms with E-state index in [0.29, 0.717) is 29.3 Å². The van der Waals surface area contributed by atoms with E-state index < -0.39 is 0 Å². The Bertz CT molecular complexity index is 661. The Morgan fingerprint density at radius 1 is 1.07 bits per heavy atom. The van der Waals surface area contributed by atoms with Crippen LogP contribution in [0.3, 0.4) is 0 Å². The van der Waals surface area contributed by atoms with Gasteiger partial charge in [0.15, 0.2) is 0 Å². The Morgan fingerprint density at radius 3 is 2.41 bits per heavy atom. The second kappa shape index (κ2) is 8.34. The molecule has 150 valence electrons. The first-order chi connectivity index (χ1) is 12.9. The average molecular weight is 372 g/mol. The van der Waals surface area contributed by atoms with Crippen LogP contribution in [0, 0.1) is 17.3 Å². The molecule has 0 heterocycles. The van der Waals surface area contributed by atoms with E-state index in [2.05, 4.69) is 38.7 Å². The maximum atomic E-state index is 12.3. The monoisotopic (exact) mass is 371 g/mol. The van der Waals surface area contributed by atoms with E-state index in [9.17, 15) is 9.90 Å². The number of Topliss-reactive ketones (excluding diaryl/α,β-unsaturated/α-hetero) is 1. The van der Waals surface area contributed by atoms with Crippen molar-refractivity contribution in [1.29, 1.82) is 0 Å². The number of phenolic OH excluding ortho intramolecular Hbond substituents is 1. The van der Waals surface area contributed by atoms with Crippen molar-refractivity contribution in [2.45, 2.75) is 72.1 Å². The number of hydrogen-bond acceptors (Lipinski definition) is 3. The fraction of sp³-hybridized carbons (Fsp3) is 0.708. The molecule has 0 aromatic heterocycles. The highest BCUT2D eigenvalue weighted by atomic mass is 16.3. The second-order valence-electron chi connectivity index (χ2n) is 8.84. The number of fused-ring (bicyclic) bond motifs is 5. The summed E-state index contributed by atoms with van der Waals surface area (Å²) in [4.78, 5) is 14.6. The van der Waals surface area contributed by atoms with E-state index in [1.54, 1.807) is 0 Å². The fourth-order valence-corrected chi connectivity index (χ4v) is 6.01. The molecule has 1 aromatic carbocycles. The van der Waals surface area contributed by atoms with Crippen molar-refractivity contribution in [3.05, 3.63) is 29.3 Å². The van der Waals surface area contributed by atoms with Crippen LogP contribution >= 0.6 is 0 Å². The fourth-order valence-electron chi connectivity index (χ4n) is 6.01. The molecule has 27 heavy (non-hydrogen) atoms. The molecule has 3 nitrogen and oxygen atoms in total. The van der Waals surface area contributed by atoms with Crippen LogP contribution in [0.2, 0.25) is 0 Å². The molecule has 2 saturated carbocycles. The predicted octanol–water partition coefficient (Wildman–Crippen LogP) is 5.17. The minimum absolute atomic E-state index is 0.0322. The third-order valence-electron chi connectivity index (χ3n) is 7.76. The van der Waals surface area contributed by atoms with Crippen molar-refractivity contribution in [2.24, 2.45) is 17.3 Å². The molecular weight excluding hydrogens is 334 g/mol. The maximum Gasteiger partial charge on any atom is 0.139 e. The molecule has 3 aliphatic rings. The van der Waals surface area contributed by atoms with Gasteiger partial charge in [0.1, 0.15) is 11.5 Å². The lowest BCUT2D eigenvalue weighted by Crippen LogP contribution is -2.42. The number of ketones is 1. The van der Waals surface area contributed by atoms with E-state index in [4.69, 9.17) is 0 Å². The lowest BCUT2D eigenvalue weighted by atomic mass is 9.55. The van der Waals surface area contributed by atoms with E-state index in [1.165, 1.54) is 37.2 Å². The molecule has 0 radical (unpaired) electrons. The molecule has 3 aliphatic carbocycles. The normalized spacial score (nSPS) is 31.6. The van der Waals surface area contributed by atoms with Gasteiger partial charge in [0.25, 0.3) is 0 Å². The summed E-state index contributed by atoms with van der Waals surface area (Å²) in [6, 6.07) is 5.90. The second-order valence-corrected chi connectivity index (χ2v) is 8.84. The first-order valence-corrected chi connectivity index (χ1v) is 11.0. The first-order valence-electron chi connectivity index (χ1n) is 11.0. The molecule has 4 rings (SSSR count). The molecule has 0 spiro atoms. The smallest absolute Gasteiger partial charge is 0.139 e. The highest BCUT2D eigenvalue weighted by Crippen LogP contribution is 2.59. The zero-order valence-corrected chi connectivity index (χ0v) is 17.6. The van der Waals surface area contributed by atoms with Crippen LogP contribution in [0.25, 0.3) is 0 Å². The molecule has 0 unspecified atom stereocenters. The summed E-state index contributed by atoms with van der Waals surface area (Å²) in [5.41, 5.74) is 2.75. The van der Waals surface area contributed by atoms with E-state index in [1.807, 2.05) is 12.1 Å². The number of rotatable bonds is 3. The number of hydrogen-bond donors (Lipinski definition) is 1. The number of aromatic hydroxyl groups is 1. The molecule has 3 heteroatoms. The minimum Gasteiger partial charge on any atom is -0.508 e. The highest BCUT2D eigenvalue weighted by molar-refractivity contribution is 5.87. The molecular formula is C24H37NO2. The first kappa shape index (κ1) is 20.4. The van der Waals surface area contributed by atoms with Gasteiger partial charge in [-0.15, -0.1) is 0 Å². The third-order valence-corrected chi connectivity index (χ3v) is 7.76. The highest BCUT2D eigenvalue weighted by Gasteiger charge is 2.54. The number of carbonyl (C=O) groups is 1. The lowest BCUT2D eigenvalue weighted by molar-refractivity contribution is -0.129. The van der Waals surface area contributed by atoms with E-state index >= 15 is 0 Å². The largest absolute Gasteiger partial charge is 0.508 e. The van der Waals surface area contributed by atoms with Crippen LogP contribution in [-0.2, 0) is 11.2 Å². The van der Waals surface area contributed by atoms with Gasteiger partial charge >= 0.3 is 0 Å². The van der Waals surface area contributed by atoms with Gasteiger partial charge in [0, 0.05) is 11.8 Å². The predicted molar refractivity (Wildman–Crippen MR) is 111 cm³/mol. The SMILES string of the molecule is CCN(CC)CC.C[C@]12CC[C@@H]3c4ccc(O)cc4CC[C@H]3[C@@H]1CCC2=O. The molecule has 0 bridgehead atoms. The Morgan fingerprint density at radius 2 is 1.78 bits per heavy atom. The van der Waals surface area contributed by atoms with Crippen molar-refractivity contribution in [2.75, 3.05) is 19.6 Å². The van der Waals surface area contributed by atoms with Crippen molar-refractivity contribution < 1.29 is 9.90 Å². The van der Waals surface area contributed by atoms with Gasteiger partial charge in [0.05, 0.1) is 0 Å². The van der Waals surface area contributed by atoms with Crippen molar-refractivity contribution in [3.8, 4) is 5.75 Å². The van der Waals surface area contributed by atoms with Gasteiger partial charge in [0.2, 0.25) is 0 Å². The van der Waals surface area contributed by atoms with Crippen LogP contribution < -0.4 is 0 Å². The molecule has 0 amide bonds. The zero-order chi connectivity index (χ0) is 19.6. The number of phenols is 1. The summed E-state index contributed by atoms with van der Waals surface area (Å²) < 4.78 is 0. The summed E-state index contributed by atoms with van der Waals surface area (Å²) in [6.45, 7) is 12.3. The summed E-state index contributed by atoms with van der Waals surface area (Å²) >= 11 is 0. The van der Waals surface area contributed by atoms with Gasteiger partial charge in [-0.3, -0.25) is 4.79 Å². The molecule has 1 N–H and O–H groups in total. The molecule has 4 atom stereocenters. The summed E-state index contributed by atoms with van der Waals surface area (Å²) in [5, 5.41) is 9.67. The van der Waals surface area contributed by atoms with Crippen LogP contribution in [-0.4, -0.2) is 35.4 Å². The van der Waals surface area contributed by atoms with Crippen molar-refractivity contribution >= 4 is 5.78 Å². The van der Waals surface area contributed by atoms with Crippen LogP contribution in [0.1, 0.15) is 76.8 Å². The van der Waals surface area contributed by atoms with Gasteiger partial charge < -0.3 is 10.0 Å². The number of carbonyl (C=O) groups excluding carboxylic acids is 1. The molecule has 2 fully saturated rings. The van der Waals surface area contributed by atoms with Crippen LogP contribution in [0.15, 0.2) is 18.2 Å². The number of benzene rings is 1. The third kappa shape index (κ3) is 3.81. The summed E-state index contributed by atoms with van der Waals surface area (Å²) in [6.07, 6.45) is 6.34. The molecule has 0 saturated heterocycles. The Labute approximate surface area is 165 Å². The maximum absolute atomic E-state index is 12.3. The van der Waals surface area contributed by atoms with Gasteiger partial charge in [-0.1, -0.05) is 33.8 Å². The van der Waals surface area contributed by atoms with Crippen molar-refractivity contribution in [1.82, 2.24) is 4.90 Å².